The Hall–Kier alpha value is -0.450. The van der Waals surface area contributed by atoms with Gasteiger partial charge < -0.3 is 10.8 Å². The molecule has 1 rings (SSSR count). The van der Waals surface area contributed by atoms with Crippen LogP contribution in [0.1, 0.15) is 25.8 Å². The summed E-state index contributed by atoms with van der Waals surface area (Å²) in [4.78, 5) is 4.18. The van der Waals surface area contributed by atoms with Crippen LogP contribution in [0.5, 0.6) is 0 Å². The van der Waals surface area contributed by atoms with Crippen molar-refractivity contribution in [2.45, 2.75) is 26.3 Å². The summed E-state index contributed by atoms with van der Waals surface area (Å²) in [5.74, 6) is 0. The number of aromatic nitrogens is 1. The average molecular weight is 200 g/mol. The molecule has 0 fully saturated rings. The van der Waals surface area contributed by atoms with Crippen LogP contribution in [0.25, 0.3) is 0 Å². The Kier molecular flexibility index (Phi) is 2.75. The Balaban J connectivity index is 3.02. The van der Waals surface area contributed by atoms with Gasteiger partial charge in [-0.3, -0.25) is 0 Å². The fourth-order valence-corrected chi connectivity index (χ4v) is 1.83. The van der Waals surface area contributed by atoms with E-state index in [-0.39, 0.29) is 12.0 Å². The molecule has 3 nitrogen and oxygen atoms in total. The third kappa shape index (κ3) is 1.75. The molecule has 1 aromatic heterocycles. The molecule has 0 bridgehead atoms. The lowest BCUT2D eigenvalue weighted by atomic mass is 9.75. The quantitative estimate of drug-likeness (QED) is 0.774. The van der Waals surface area contributed by atoms with Crippen LogP contribution in [0.15, 0.2) is 11.6 Å². The molecule has 0 radical (unpaired) electrons. The van der Waals surface area contributed by atoms with Gasteiger partial charge in [-0.25, -0.2) is 4.98 Å². The largest absolute Gasteiger partial charge is 0.396 e. The predicted octanol–water partition coefficient (Wildman–Crippen LogP) is 1.34. The van der Waals surface area contributed by atoms with E-state index in [9.17, 15) is 5.11 Å². The third-order valence-electron chi connectivity index (χ3n) is 2.68. The SMILES string of the molecule is CC(C)(CO)[C@](C)(N)c1nccs1. The molecule has 0 saturated heterocycles. The number of thiazole rings is 1. The van der Waals surface area contributed by atoms with Gasteiger partial charge in [-0.05, 0) is 6.92 Å². The molecule has 0 unspecified atom stereocenters. The zero-order valence-electron chi connectivity index (χ0n) is 8.24. The molecular formula is C9H16N2OS. The number of nitrogens with two attached hydrogens (primary N) is 1. The summed E-state index contributed by atoms with van der Waals surface area (Å²) in [5.41, 5.74) is 5.23. The fraction of sp³-hybridized carbons (Fsp3) is 0.667. The molecule has 0 spiro atoms. The minimum Gasteiger partial charge on any atom is -0.396 e. The molecule has 0 aliphatic heterocycles. The first-order chi connectivity index (χ1) is 5.92. The van der Waals surface area contributed by atoms with Crippen LogP contribution in [-0.2, 0) is 5.54 Å². The molecular weight excluding hydrogens is 184 g/mol. The van der Waals surface area contributed by atoms with Gasteiger partial charge in [0.15, 0.2) is 0 Å². The first-order valence-electron chi connectivity index (χ1n) is 4.21. The highest BCUT2D eigenvalue weighted by Gasteiger charge is 2.40. The van der Waals surface area contributed by atoms with Crippen LogP contribution in [-0.4, -0.2) is 16.7 Å². The zero-order valence-corrected chi connectivity index (χ0v) is 9.06. The van der Waals surface area contributed by atoms with Gasteiger partial charge in [0, 0.05) is 17.0 Å². The van der Waals surface area contributed by atoms with Gasteiger partial charge in [0.05, 0.1) is 12.1 Å². The summed E-state index contributed by atoms with van der Waals surface area (Å²) >= 11 is 1.52. The monoisotopic (exact) mass is 200 g/mol. The summed E-state index contributed by atoms with van der Waals surface area (Å²) in [6, 6.07) is 0. The molecule has 0 amide bonds. The molecule has 1 atom stereocenters. The van der Waals surface area contributed by atoms with Crippen molar-refractivity contribution >= 4 is 11.3 Å². The molecule has 3 N–H and O–H groups in total. The second-order valence-corrected chi connectivity index (χ2v) is 4.98. The Labute approximate surface area is 82.6 Å². The molecule has 1 aromatic rings. The van der Waals surface area contributed by atoms with Crippen LogP contribution in [0.2, 0.25) is 0 Å². The van der Waals surface area contributed by atoms with Crippen molar-refractivity contribution < 1.29 is 5.11 Å². The summed E-state index contributed by atoms with van der Waals surface area (Å²) < 4.78 is 0. The standard InChI is InChI=1S/C9H16N2OS/c1-8(2,6-12)9(3,10)7-11-4-5-13-7/h4-5,12H,6,10H2,1-3H3/t9-/m1/s1. The number of hydrogen-bond acceptors (Lipinski definition) is 4. The Morgan fingerprint density at radius 3 is 2.54 bits per heavy atom. The van der Waals surface area contributed by atoms with Gasteiger partial charge in [0.2, 0.25) is 0 Å². The minimum absolute atomic E-state index is 0.0551. The highest BCUT2D eigenvalue weighted by Crippen LogP contribution is 2.37. The second kappa shape index (κ2) is 3.36. The van der Waals surface area contributed by atoms with E-state index in [1.165, 1.54) is 11.3 Å². The predicted molar refractivity (Wildman–Crippen MR) is 54.5 cm³/mol. The average Bonchev–Trinajstić information content (AvgIpc) is 2.56. The molecule has 0 saturated carbocycles. The molecule has 0 aliphatic carbocycles. The van der Waals surface area contributed by atoms with Crippen molar-refractivity contribution in [3.05, 3.63) is 16.6 Å². The van der Waals surface area contributed by atoms with E-state index in [1.54, 1.807) is 6.20 Å². The smallest absolute Gasteiger partial charge is 0.113 e. The normalized spacial score (nSPS) is 17.0. The molecule has 1 heterocycles. The van der Waals surface area contributed by atoms with E-state index in [2.05, 4.69) is 4.98 Å². The van der Waals surface area contributed by atoms with Crippen molar-refractivity contribution in [1.29, 1.82) is 0 Å². The van der Waals surface area contributed by atoms with Gasteiger partial charge in [-0.2, -0.15) is 0 Å². The lowest BCUT2D eigenvalue weighted by molar-refractivity contribution is 0.0809. The first kappa shape index (κ1) is 10.6. The van der Waals surface area contributed by atoms with Gasteiger partial charge >= 0.3 is 0 Å². The lowest BCUT2D eigenvalue weighted by Crippen LogP contribution is -2.49. The van der Waals surface area contributed by atoms with Gasteiger partial charge in [0.25, 0.3) is 0 Å². The van der Waals surface area contributed by atoms with Crippen molar-refractivity contribution in [1.82, 2.24) is 4.98 Å². The van der Waals surface area contributed by atoms with Gasteiger partial charge in [-0.15, -0.1) is 11.3 Å². The lowest BCUT2D eigenvalue weighted by Gasteiger charge is -2.38. The number of aliphatic hydroxyl groups is 1. The van der Waals surface area contributed by atoms with Gasteiger partial charge in [-0.1, -0.05) is 13.8 Å². The Bertz CT molecular complexity index is 267. The minimum atomic E-state index is -0.573. The van der Waals surface area contributed by atoms with Crippen molar-refractivity contribution in [3.8, 4) is 0 Å². The Morgan fingerprint density at radius 1 is 1.54 bits per heavy atom. The second-order valence-electron chi connectivity index (χ2n) is 4.08. The van der Waals surface area contributed by atoms with E-state index in [0.717, 1.165) is 5.01 Å². The van der Waals surface area contributed by atoms with E-state index < -0.39 is 5.54 Å². The van der Waals surface area contributed by atoms with E-state index in [4.69, 9.17) is 5.73 Å². The summed E-state index contributed by atoms with van der Waals surface area (Å²) in [6.45, 7) is 5.84. The zero-order chi connectivity index (χ0) is 10.1. The summed E-state index contributed by atoms with van der Waals surface area (Å²) in [6.07, 6.45) is 1.73. The molecule has 74 valence electrons. The summed E-state index contributed by atoms with van der Waals surface area (Å²) in [7, 11) is 0. The van der Waals surface area contributed by atoms with Crippen LogP contribution < -0.4 is 5.73 Å². The highest BCUT2D eigenvalue weighted by atomic mass is 32.1. The van der Waals surface area contributed by atoms with Crippen molar-refractivity contribution in [2.75, 3.05) is 6.61 Å². The maximum Gasteiger partial charge on any atom is 0.113 e. The van der Waals surface area contributed by atoms with E-state index in [0.29, 0.717) is 0 Å². The Morgan fingerprint density at radius 2 is 2.15 bits per heavy atom. The maximum absolute atomic E-state index is 9.23. The first-order valence-corrected chi connectivity index (χ1v) is 5.09. The van der Waals surface area contributed by atoms with E-state index >= 15 is 0 Å². The fourth-order valence-electron chi connectivity index (χ4n) is 0.934. The number of nitrogens with zero attached hydrogens (tertiary/aromatic N) is 1. The maximum atomic E-state index is 9.23. The van der Waals surface area contributed by atoms with Crippen LogP contribution in [0.3, 0.4) is 0 Å². The molecule has 4 heteroatoms. The number of hydrogen-bond donors (Lipinski definition) is 2. The van der Waals surface area contributed by atoms with Crippen molar-refractivity contribution in [2.24, 2.45) is 11.1 Å². The molecule has 0 aromatic carbocycles. The van der Waals surface area contributed by atoms with Crippen LogP contribution in [0.4, 0.5) is 0 Å². The number of aliphatic hydroxyl groups excluding tert-OH is 1. The molecule has 13 heavy (non-hydrogen) atoms. The molecule has 0 aliphatic rings. The summed E-state index contributed by atoms with van der Waals surface area (Å²) in [5, 5.41) is 12.0. The van der Waals surface area contributed by atoms with Crippen LogP contribution >= 0.6 is 11.3 Å². The number of rotatable bonds is 3. The van der Waals surface area contributed by atoms with Gasteiger partial charge in [0.1, 0.15) is 5.01 Å². The topological polar surface area (TPSA) is 59.1 Å². The third-order valence-corrected chi connectivity index (χ3v) is 3.69. The van der Waals surface area contributed by atoms with E-state index in [1.807, 2.05) is 26.2 Å². The van der Waals surface area contributed by atoms with Crippen LogP contribution in [0, 0.1) is 5.41 Å². The van der Waals surface area contributed by atoms with Crippen molar-refractivity contribution in [3.63, 3.8) is 0 Å². The highest BCUT2D eigenvalue weighted by molar-refractivity contribution is 7.09.